The maximum atomic E-state index is 13.8. The topological polar surface area (TPSA) is 102 Å². The molecule has 0 spiro atoms. The van der Waals surface area contributed by atoms with E-state index < -0.39 is 23.7 Å². The van der Waals surface area contributed by atoms with Crippen molar-refractivity contribution in [1.29, 1.82) is 0 Å². The van der Waals surface area contributed by atoms with Crippen LogP contribution >= 0.6 is 35.3 Å². The van der Waals surface area contributed by atoms with Crippen LogP contribution in [0.2, 0.25) is 5.02 Å². The summed E-state index contributed by atoms with van der Waals surface area (Å²) in [6.45, 7) is 1.03. The van der Waals surface area contributed by atoms with Gasteiger partial charge in [0, 0.05) is 40.3 Å². The number of benzene rings is 1. The van der Waals surface area contributed by atoms with Crippen molar-refractivity contribution in [3.8, 4) is 0 Å². The number of halogens is 3. The summed E-state index contributed by atoms with van der Waals surface area (Å²) in [5.74, 6) is -1.99. The molecule has 1 saturated heterocycles. The molecule has 2 aromatic rings. The third-order valence-electron chi connectivity index (χ3n) is 5.73. The fourth-order valence-electron chi connectivity index (χ4n) is 4.19. The summed E-state index contributed by atoms with van der Waals surface area (Å²) in [6.07, 6.45) is 2.21. The average molecular weight is 529 g/mol. The second kappa shape index (κ2) is 11.3. The van der Waals surface area contributed by atoms with Gasteiger partial charge in [-0.1, -0.05) is 17.7 Å². The number of amidine groups is 1. The number of methoxy groups -OCH3 is 2. The number of carbonyl (C=O) groups is 2. The molecule has 3 atom stereocenters. The van der Waals surface area contributed by atoms with Gasteiger partial charge >= 0.3 is 11.9 Å². The summed E-state index contributed by atoms with van der Waals surface area (Å²) in [5.41, 5.74) is 1.16. The number of hydrogen-bond acceptors (Lipinski definition) is 9. The van der Waals surface area contributed by atoms with E-state index in [2.05, 4.69) is 15.6 Å². The molecule has 1 aromatic heterocycles. The molecule has 1 fully saturated rings. The number of esters is 2. The van der Waals surface area contributed by atoms with Gasteiger partial charge in [-0.2, -0.15) is 0 Å². The molecule has 0 bridgehead atoms. The average Bonchev–Trinajstić information content (AvgIpc) is 3.37. The van der Waals surface area contributed by atoms with Crippen LogP contribution in [-0.4, -0.2) is 50.1 Å². The van der Waals surface area contributed by atoms with Crippen molar-refractivity contribution in [2.75, 3.05) is 27.3 Å². The zero-order valence-corrected chi connectivity index (χ0v) is 20.7. The normalized spacial score (nSPS) is 22.2. The minimum absolute atomic E-state index is 0. The first kappa shape index (κ1) is 26.1. The standard InChI is InChI=1S/C22H22ClFN4O4S.ClH/c1-31-21(29)14-10-25-6-5-12(14)17-16(22(30)32-2)18(13-4-3-11(24)9-15(13)23)28-19(27-17)20-26-7-8-33-20;/h3-4,7-9,12,14,18,25H,5-6,10H2,1-2H3,(H,27,28);1H. The molecular weight excluding hydrogens is 506 g/mol. The van der Waals surface area contributed by atoms with Gasteiger partial charge < -0.3 is 20.1 Å². The molecule has 2 aliphatic rings. The van der Waals surface area contributed by atoms with Gasteiger partial charge in [0.15, 0.2) is 10.8 Å². The van der Waals surface area contributed by atoms with Gasteiger partial charge in [-0.3, -0.25) is 9.79 Å². The smallest absolute Gasteiger partial charge is 0.338 e. The quantitative estimate of drug-likeness (QED) is 0.574. The molecule has 3 unspecified atom stereocenters. The van der Waals surface area contributed by atoms with Gasteiger partial charge in [-0.15, -0.1) is 23.7 Å². The van der Waals surface area contributed by atoms with E-state index in [0.29, 0.717) is 41.6 Å². The summed E-state index contributed by atoms with van der Waals surface area (Å²) < 4.78 is 23.9. The number of nitrogens with zero attached hydrogens (tertiary/aromatic N) is 2. The Morgan fingerprint density at radius 3 is 2.71 bits per heavy atom. The first-order chi connectivity index (χ1) is 15.9. The molecule has 4 rings (SSSR count). The number of aromatic nitrogens is 1. The van der Waals surface area contributed by atoms with Gasteiger partial charge in [0.1, 0.15) is 11.9 Å². The van der Waals surface area contributed by atoms with Crippen LogP contribution in [0.25, 0.3) is 0 Å². The summed E-state index contributed by atoms with van der Waals surface area (Å²) >= 11 is 7.75. The molecule has 182 valence electrons. The number of nitrogens with one attached hydrogen (secondary N) is 2. The van der Waals surface area contributed by atoms with Gasteiger partial charge in [-0.25, -0.2) is 14.2 Å². The SMILES string of the molecule is COC(=O)C1=C(C2CCNCC2C(=O)OC)NC(c2nccs2)=NC1c1ccc(F)cc1Cl.Cl. The van der Waals surface area contributed by atoms with Crippen LogP contribution in [0.5, 0.6) is 0 Å². The summed E-state index contributed by atoms with van der Waals surface area (Å²) in [6, 6.07) is 3.05. The Bertz CT molecular complexity index is 1130. The highest BCUT2D eigenvalue weighted by atomic mass is 35.5. The Morgan fingerprint density at radius 1 is 1.26 bits per heavy atom. The molecule has 0 radical (unpaired) electrons. The Hall–Kier alpha value is -2.53. The second-order valence-corrected chi connectivity index (χ2v) is 8.86. The molecule has 3 heterocycles. The molecule has 2 aliphatic heterocycles. The lowest BCUT2D eigenvalue weighted by molar-refractivity contribution is -0.147. The summed E-state index contributed by atoms with van der Waals surface area (Å²) in [7, 11) is 2.61. The molecule has 0 saturated carbocycles. The minimum atomic E-state index is -0.881. The lowest BCUT2D eigenvalue weighted by Crippen LogP contribution is -2.47. The van der Waals surface area contributed by atoms with Crippen LogP contribution in [-0.2, 0) is 19.1 Å². The number of rotatable bonds is 5. The first-order valence-electron chi connectivity index (χ1n) is 10.2. The van der Waals surface area contributed by atoms with E-state index in [9.17, 15) is 14.0 Å². The molecule has 0 amide bonds. The van der Waals surface area contributed by atoms with E-state index in [1.54, 1.807) is 11.6 Å². The highest BCUT2D eigenvalue weighted by Gasteiger charge is 2.42. The number of carbonyl (C=O) groups excluding carboxylic acids is 2. The molecule has 12 heteroatoms. The maximum Gasteiger partial charge on any atom is 0.338 e. The van der Waals surface area contributed by atoms with Crippen molar-refractivity contribution in [1.82, 2.24) is 15.6 Å². The van der Waals surface area contributed by atoms with E-state index in [1.165, 1.54) is 43.8 Å². The molecule has 34 heavy (non-hydrogen) atoms. The maximum absolute atomic E-state index is 13.8. The van der Waals surface area contributed by atoms with E-state index in [4.69, 9.17) is 26.1 Å². The fourth-order valence-corrected chi connectivity index (χ4v) is 5.05. The van der Waals surface area contributed by atoms with Crippen molar-refractivity contribution < 1.29 is 23.5 Å². The van der Waals surface area contributed by atoms with E-state index in [-0.39, 0.29) is 34.9 Å². The van der Waals surface area contributed by atoms with Gasteiger partial charge in [-0.05, 0) is 25.1 Å². The second-order valence-electron chi connectivity index (χ2n) is 7.56. The van der Waals surface area contributed by atoms with Crippen molar-refractivity contribution in [3.05, 3.63) is 62.5 Å². The summed E-state index contributed by atoms with van der Waals surface area (Å²) in [4.78, 5) is 34.7. The lowest BCUT2D eigenvalue weighted by Gasteiger charge is -2.36. The van der Waals surface area contributed by atoms with Crippen LogP contribution in [0.15, 0.2) is 46.0 Å². The molecule has 2 N–H and O–H groups in total. The first-order valence-corrected chi connectivity index (χ1v) is 11.5. The highest BCUT2D eigenvalue weighted by molar-refractivity contribution is 7.11. The number of piperidine rings is 1. The van der Waals surface area contributed by atoms with Crippen molar-refractivity contribution in [2.45, 2.75) is 12.5 Å². The molecule has 0 aliphatic carbocycles. The zero-order valence-electron chi connectivity index (χ0n) is 18.3. The Morgan fingerprint density at radius 2 is 2.06 bits per heavy atom. The predicted molar refractivity (Wildman–Crippen MR) is 129 cm³/mol. The van der Waals surface area contributed by atoms with Crippen LogP contribution < -0.4 is 10.6 Å². The Balaban J connectivity index is 0.00000324. The Labute approximate surface area is 211 Å². The number of ether oxygens (including phenoxy) is 2. The van der Waals surface area contributed by atoms with Crippen molar-refractivity contribution in [2.24, 2.45) is 16.8 Å². The van der Waals surface area contributed by atoms with Gasteiger partial charge in [0.05, 0.1) is 25.7 Å². The van der Waals surface area contributed by atoms with Crippen LogP contribution in [0.3, 0.4) is 0 Å². The summed E-state index contributed by atoms with van der Waals surface area (Å²) in [5, 5.41) is 8.99. The van der Waals surface area contributed by atoms with Gasteiger partial charge in [0.2, 0.25) is 0 Å². The third-order valence-corrected chi connectivity index (χ3v) is 6.84. The van der Waals surface area contributed by atoms with Gasteiger partial charge in [0.25, 0.3) is 0 Å². The number of aliphatic imine (C=N–C) groups is 1. The van der Waals surface area contributed by atoms with Crippen LogP contribution in [0.4, 0.5) is 4.39 Å². The number of hydrogen-bond donors (Lipinski definition) is 2. The van der Waals surface area contributed by atoms with Crippen LogP contribution in [0, 0.1) is 17.7 Å². The number of allylic oxidation sites excluding steroid dienone is 1. The Kier molecular flexibility index (Phi) is 8.64. The van der Waals surface area contributed by atoms with Crippen LogP contribution in [0.1, 0.15) is 23.0 Å². The fraction of sp³-hybridized carbons (Fsp3) is 0.364. The molecular formula is C22H23Cl2FN4O4S. The van der Waals surface area contributed by atoms with E-state index >= 15 is 0 Å². The van der Waals surface area contributed by atoms with Crippen molar-refractivity contribution >= 4 is 53.1 Å². The third kappa shape index (κ3) is 5.10. The van der Waals surface area contributed by atoms with E-state index in [0.717, 1.165) is 0 Å². The van der Waals surface area contributed by atoms with E-state index in [1.807, 2.05) is 0 Å². The highest BCUT2D eigenvalue weighted by Crippen LogP contribution is 2.40. The number of thiazole rings is 1. The predicted octanol–water partition coefficient (Wildman–Crippen LogP) is 3.27. The molecule has 1 aromatic carbocycles. The van der Waals surface area contributed by atoms with Crippen molar-refractivity contribution in [3.63, 3.8) is 0 Å². The monoisotopic (exact) mass is 528 g/mol. The lowest BCUT2D eigenvalue weighted by atomic mass is 9.79. The largest absolute Gasteiger partial charge is 0.469 e. The zero-order chi connectivity index (χ0) is 23.5. The minimum Gasteiger partial charge on any atom is -0.469 e. The molecule has 8 nitrogen and oxygen atoms in total.